The van der Waals surface area contributed by atoms with E-state index < -0.39 is 10.0 Å². The molecule has 0 spiro atoms. The summed E-state index contributed by atoms with van der Waals surface area (Å²) in [7, 11) is -3.61. The second-order valence-corrected chi connectivity index (χ2v) is 8.31. The van der Waals surface area contributed by atoms with Gasteiger partial charge in [0, 0.05) is 27.9 Å². The highest BCUT2D eigenvalue weighted by atomic mass is 35.5. The summed E-state index contributed by atoms with van der Waals surface area (Å²) in [5.41, 5.74) is 0.728. The second-order valence-electron chi connectivity index (χ2n) is 4.64. The zero-order valence-electron chi connectivity index (χ0n) is 11.6. The molecule has 0 saturated heterocycles. The molecule has 1 N–H and O–H groups in total. The number of benzene rings is 1. The average molecular weight is 388 g/mol. The Hall–Kier alpha value is -1.54. The maximum Gasteiger partial charge on any atom is 0.272 e. The first-order chi connectivity index (χ1) is 11.0. The summed E-state index contributed by atoms with van der Waals surface area (Å²) in [6.07, 6.45) is 1.66. The van der Waals surface area contributed by atoms with Crippen LogP contribution in [0.4, 0.5) is 5.82 Å². The lowest BCUT2D eigenvalue weighted by atomic mass is 10.2. The van der Waals surface area contributed by atoms with Crippen molar-refractivity contribution in [2.45, 2.75) is 10.8 Å². The van der Waals surface area contributed by atoms with E-state index in [-0.39, 0.29) is 10.0 Å². The lowest BCUT2D eigenvalue weighted by molar-refractivity contribution is 0.602. The van der Waals surface area contributed by atoms with Crippen molar-refractivity contribution in [3.05, 3.63) is 63.6 Å². The first-order valence-electron chi connectivity index (χ1n) is 6.48. The normalized spacial score (nSPS) is 11.6. The molecule has 0 bridgehead atoms. The number of thiophene rings is 1. The van der Waals surface area contributed by atoms with Crippen molar-refractivity contribution in [3.8, 4) is 0 Å². The number of rotatable bonds is 5. The van der Waals surface area contributed by atoms with Gasteiger partial charge in [-0.15, -0.1) is 11.3 Å². The van der Waals surface area contributed by atoms with E-state index in [0.29, 0.717) is 16.6 Å². The molecule has 9 heteroatoms. The standard InChI is InChI=1S/C14H11Cl2N3O2S2/c15-11-3-1-4-12(16)10(11)9-19-7-6-13(17-19)18-23(20,21)14-5-2-8-22-14/h1-8H,9H2,(H,17,18). The van der Waals surface area contributed by atoms with Gasteiger partial charge >= 0.3 is 0 Å². The van der Waals surface area contributed by atoms with Gasteiger partial charge in [-0.25, -0.2) is 8.42 Å². The summed E-state index contributed by atoms with van der Waals surface area (Å²) in [6, 6.07) is 10.0. The van der Waals surface area contributed by atoms with E-state index in [4.69, 9.17) is 23.2 Å². The molecular formula is C14H11Cl2N3O2S2. The number of aromatic nitrogens is 2. The van der Waals surface area contributed by atoms with Crippen LogP contribution in [0.2, 0.25) is 10.0 Å². The number of halogens is 2. The lowest BCUT2D eigenvalue weighted by Gasteiger charge is -2.07. The Bertz CT molecular complexity index is 901. The predicted octanol–water partition coefficient (Wildman–Crippen LogP) is 4.10. The highest BCUT2D eigenvalue weighted by Crippen LogP contribution is 2.25. The predicted molar refractivity (Wildman–Crippen MR) is 92.9 cm³/mol. The second kappa shape index (κ2) is 6.52. The van der Waals surface area contributed by atoms with E-state index in [9.17, 15) is 8.42 Å². The zero-order chi connectivity index (χ0) is 16.4. The summed E-state index contributed by atoms with van der Waals surface area (Å²) < 4.78 is 28.5. The van der Waals surface area contributed by atoms with Crippen LogP contribution in [-0.2, 0) is 16.6 Å². The van der Waals surface area contributed by atoms with Crippen LogP contribution in [0, 0.1) is 0 Å². The minimum absolute atomic E-state index is 0.237. The Morgan fingerprint density at radius 2 is 1.87 bits per heavy atom. The molecule has 5 nitrogen and oxygen atoms in total. The summed E-state index contributed by atoms with van der Waals surface area (Å²) in [5.74, 6) is 0.238. The van der Waals surface area contributed by atoms with Crippen LogP contribution >= 0.6 is 34.5 Å². The van der Waals surface area contributed by atoms with Gasteiger partial charge in [0.15, 0.2) is 5.82 Å². The highest BCUT2D eigenvalue weighted by Gasteiger charge is 2.16. The lowest BCUT2D eigenvalue weighted by Crippen LogP contribution is -2.12. The van der Waals surface area contributed by atoms with E-state index in [1.807, 2.05) is 0 Å². The van der Waals surface area contributed by atoms with Crippen LogP contribution in [-0.4, -0.2) is 18.2 Å². The smallest absolute Gasteiger partial charge is 0.266 e. The third-order valence-corrected chi connectivity index (χ3v) is 6.48. The Morgan fingerprint density at radius 1 is 1.13 bits per heavy atom. The number of nitrogens with zero attached hydrogens (tertiary/aromatic N) is 2. The average Bonchev–Trinajstić information content (AvgIpc) is 3.14. The van der Waals surface area contributed by atoms with Crippen molar-refractivity contribution in [2.75, 3.05) is 4.72 Å². The number of hydrogen-bond acceptors (Lipinski definition) is 4. The molecule has 0 aliphatic heterocycles. The number of anilines is 1. The third kappa shape index (κ3) is 3.69. The van der Waals surface area contributed by atoms with Gasteiger partial charge in [0.05, 0.1) is 6.54 Å². The molecule has 2 aromatic heterocycles. The van der Waals surface area contributed by atoms with Gasteiger partial charge in [-0.1, -0.05) is 35.3 Å². The van der Waals surface area contributed by atoms with Crippen LogP contribution in [0.25, 0.3) is 0 Å². The molecule has 0 fully saturated rings. The van der Waals surface area contributed by atoms with Crippen molar-refractivity contribution in [1.82, 2.24) is 9.78 Å². The van der Waals surface area contributed by atoms with E-state index in [1.54, 1.807) is 46.6 Å². The molecule has 0 amide bonds. The van der Waals surface area contributed by atoms with E-state index in [1.165, 1.54) is 6.07 Å². The molecule has 0 aliphatic carbocycles. The Labute approximate surface area is 147 Å². The first kappa shape index (κ1) is 16.3. The molecular weight excluding hydrogens is 377 g/mol. The minimum atomic E-state index is -3.61. The Balaban J connectivity index is 1.79. The number of sulfonamides is 1. The molecule has 0 radical (unpaired) electrons. The minimum Gasteiger partial charge on any atom is -0.266 e. The largest absolute Gasteiger partial charge is 0.272 e. The molecule has 3 rings (SSSR count). The van der Waals surface area contributed by atoms with Crippen LogP contribution in [0.15, 0.2) is 52.2 Å². The van der Waals surface area contributed by atoms with Crippen LogP contribution in [0.1, 0.15) is 5.56 Å². The number of nitrogens with one attached hydrogen (secondary N) is 1. The maximum atomic E-state index is 12.1. The van der Waals surface area contributed by atoms with Crippen molar-refractivity contribution in [2.24, 2.45) is 0 Å². The first-order valence-corrected chi connectivity index (χ1v) is 9.60. The molecule has 0 aliphatic rings. The highest BCUT2D eigenvalue weighted by molar-refractivity contribution is 7.94. The van der Waals surface area contributed by atoms with Gasteiger partial charge in [0.25, 0.3) is 10.0 Å². The Morgan fingerprint density at radius 3 is 2.52 bits per heavy atom. The van der Waals surface area contributed by atoms with Gasteiger partial charge in [-0.2, -0.15) is 5.10 Å². The fourth-order valence-corrected chi connectivity index (χ4v) is 4.46. The molecule has 1 aromatic carbocycles. The van der Waals surface area contributed by atoms with E-state index in [2.05, 4.69) is 9.82 Å². The molecule has 120 valence electrons. The van der Waals surface area contributed by atoms with E-state index in [0.717, 1.165) is 16.9 Å². The van der Waals surface area contributed by atoms with E-state index >= 15 is 0 Å². The SMILES string of the molecule is O=S(=O)(Nc1ccn(Cc2c(Cl)cccc2Cl)n1)c1cccs1. The molecule has 2 heterocycles. The Kier molecular flexibility index (Phi) is 4.63. The fraction of sp³-hybridized carbons (Fsp3) is 0.0714. The maximum absolute atomic E-state index is 12.1. The van der Waals surface area contributed by atoms with Crippen molar-refractivity contribution in [1.29, 1.82) is 0 Å². The third-order valence-electron chi connectivity index (χ3n) is 3.02. The zero-order valence-corrected chi connectivity index (χ0v) is 14.8. The monoisotopic (exact) mass is 387 g/mol. The van der Waals surface area contributed by atoms with Gasteiger partial charge < -0.3 is 0 Å². The van der Waals surface area contributed by atoms with Gasteiger partial charge in [-0.3, -0.25) is 9.40 Å². The van der Waals surface area contributed by atoms with Gasteiger partial charge in [0.2, 0.25) is 0 Å². The summed E-state index contributed by atoms with van der Waals surface area (Å²) in [6.45, 7) is 0.346. The molecule has 3 aromatic rings. The van der Waals surface area contributed by atoms with Crippen molar-refractivity contribution < 1.29 is 8.42 Å². The number of hydrogen-bond donors (Lipinski definition) is 1. The van der Waals surface area contributed by atoms with Crippen LogP contribution in [0.3, 0.4) is 0 Å². The summed E-state index contributed by atoms with van der Waals surface area (Å²) in [4.78, 5) is 0. The van der Waals surface area contributed by atoms with Crippen LogP contribution < -0.4 is 4.72 Å². The molecule has 23 heavy (non-hydrogen) atoms. The molecule has 0 atom stereocenters. The van der Waals surface area contributed by atoms with Crippen molar-refractivity contribution in [3.63, 3.8) is 0 Å². The van der Waals surface area contributed by atoms with Crippen molar-refractivity contribution >= 4 is 50.4 Å². The summed E-state index contributed by atoms with van der Waals surface area (Å²) >= 11 is 13.4. The van der Waals surface area contributed by atoms with Crippen LogP contribution in [0.5, 0.6) is 0 Å². The van der Waals surface area contributed by atoms with Gasteiger partial charge in [0.1, 0.15) is 4.21 Å². The topological polar surface area (TPSA) is 64.0 Å². The molecule has 0 unspecified atom stereocenters. The quantitative estimate of drug-likeness (QED) is 0.716. The summed E-state index contributed by atoms with van der Waals surface area (Å²) in [5, 5.41) is 6.97. The fourth-order valence-electron chi connectivity index (χ4n) is 1.95. The molecule has 0 saturated carbocycles. The van der Waals surface area contributed by atoms with Gasteiger partial charge in [-0.05, 0) is 23.6 Å².